The topological polar surface area (TPSA) is 81.8 Å². The molecule has 1 saturated carbocycles. The maximum Gasteiger partial charge on any atom is 0.319 e. The van der Waals surface area contributed by atoms with E-state index < -0.39 is 0 Å². The molecule has 0 bridgehead atoms. The first kappa shape index (κ1) is 25.8. The highest BCUT2D eigenvalue weighted by Gasteiger charge is 2.34. The van der Waals surface area contributed by atoms with E-state index in [1.54, 1.807) is 41.3 Å². The standard InChI is InChI=1S/C28H35FN4O3/c1-19(34)21-7-5-8-24(15-21)30-28(36)31-26-9-4-3-6-22(26)16-33-17-25(32(2)27(35)18-33)14-20-10-12-23(29)13-11-20/h5,7-8,10-13,15,22,25-26H,3-4,6,9,14,16-18H2,1-2H3,(H2,30,31,36)/t22-,25-,26+/m0/s1. The van der Waals surface area contributed by atoms with Gasteiger partial charge in [0.25, 0.3) is 0 Å². The van der Waals surface area contributed by atoms with Gasteiger partial charge in [0, 0.05) is 43.5 Å². The molecule has 2 aromatic rings. The van der Waals surface area contributed by atoms with Gasteiger partial charge in [-0.25, -0.2) is 9.18 Å². The van der Waals surface area contributed by atoms with Crippen molar-refractivity contribution >= 4 is 23.4 Å². The first-order chi connectivity index (χ1) is 17.3. The lowest BCUT2D eigenvalue weighted by Gasteiger charge is -2.42. The van der Waals surface area contributed by atoms with Crippen molar-refractivity contribution in [2.45, 2.75) is 51.1 Å². The van der Waals surface area contributed by atoms with Crippen molar-refractivity contribution in [2.75, 3.05) is 32.0 Å². The minimum atomic E-state index is -0.281. The molecule has 192 valence electrons. The number of hydrogen-bond donors (Lipinski definition) is 2. The highest BCUT2D eigenvalue weighted by molar-refractivity contribution is 5.96. The summed E-state index contributed by atoms with van der Waals surface area (Å²) in [5.74, 6) is 0.0123. The number of halogens is 1. The summed E-state index contributed by atoms with van der Waals surface area (Å²) in [7, 11) is 1.84. The molecule has 1 aliphatic carbocycles. The van der Waals surface area contributed by atoms with Gasteiger partial charge in [-0.05, 0) is 61.9 Å². The second-order valence-corrected chi connectivity index (χ2v) is 10.1. The summed E-state index contributed by atoms with van der Waals surface area (Å²) in [5.41, 5.74) is 2.14. The van der Waals surface area contributed by atoms with Crippen molar-refractivity contribution in [1.29, 1.82) is 0 Å². The molecule has 0 aromatic heterocycles. The van der Waals surface area contributed by atoms with Crippen LogP contribution in [0.2, 0.25) is 0 Å². The number of carbonyl (C=O) groups excluding carboxylic acids is 3. The maximum atomic E-state index is 13.3. The lowest BCUT2D eigenvalue weighted by molar-refractivity contribution is -0.138. The van der Waals surface area contributed by atoms with Gasteiger partial charge in [-0.1, -0.05) is 37.1 Å². The number of rotatable bonds is 7. The molecule has 2 fully saturated rings. The quantitative estimate of drug-likeness (QED) is 0.568. The minimum absolute atomic E-state index is 0.0139. The Balaban J connectivity index is 1.36. The first-order valence-corrected chi connectivity index (χ1v) is 12.7. The molecule has 0 spiro atoms. The van der Waals surface area contributed by atoms with Gasteiger partial charge >= 0.3 is 6.03 Å². The summed E-state index contributed by atoms with van der Waals surface area (Å²) >= 11 is 0. The Morgan fingerprint density at radius 3 is 2.58 bits per heavy atom. The largest absolute Gasteiger partial charge is 0.340 e. The zero-order chi connectivity index (χ0) is 25.7. The Labute approximate surface area is 212 Å². The fourth-order valence-corrected chi connectivity index (χ4v) is 5.32. The zero-order valence-corrected chi connectivity index (χ0v) is 21.0. The lowest BCUT2D eigenvalue weighted by atomic mass is 9.84. The average Bonchev–Trinajstić information content (AvgIpc) is 2.85. The van der Waals surface area contributed by atoms with Crippen molar-refractivity contribution in [3.05, 3.63) is 65.5 Å². The van der Waals surface area contributed by atoms with Crippen molar-refractivity contribution in [3.63, 3.8) is 0 Å². The smallest absolute Gasteiger partial charge is 0.319 e. The van der Waals surface area contributed by atoms with Gasteiger partial charge < -0.3 is 15.5 Å². The van der Waals surface area contributed by atoms with Crippen molar-refractivity contribution in [3.8, 4) is 0 Å². The third-order valence-corrected chi connectivity index (χ3v) is 7.40. The van der Waals surface area contributed by atoms with Crippen LogP contribution in [0, 0.1) is 11.7 Å². The summed E-state index contributed by atoms with van der Waals surface area (Å²) in [6.45, 7) is 3.35. The highest BCUT2D eigenvalue weighted by Crippen LogP contribution is 2.27. The van der Waals surface area contributed by atoms with E-state index >= 15 is 0 Å². The fourth-order valence-electron chi connectivity index (χ4n) is 5.32. The summed E-state index contributed by atoms with van der Waals surface area (Å²) in [6.07, 6.45) is 4.72. The molecule has 1 saturated heterocycles. The number of amides is 3. The predicted molar refractivity (Wildman–Crippen MR) is 137 cm³/mol. The van der Waals surface area contributed by atoms with E-state index in [0.717, 1.165) is 44.3 Å². The van der Waals surface area contributed by atoms with E-state index in [9.17, 15) is 18.8 Å². The summed E-state index contributed by atoms with van der Waals surface area (Å²) in [4.78, 5) is 41.2. The van der Waals surface area contributed by atoms with Gasteiger partial charge in [-0.3, -0.25) is 14.5 Å². The van der Waals surface area contributed by atoms with Gasteiger partial charge in [0.05, 0.1) is 6.54 Å². The molecule has 4 rings (SSSR count). The molecule has 2 aromatic carbocycles. The predicted octanol–water partition coefficient (Wildman–Crippen LogP) is 4.09. The normalized spacial score (nSPS) is 22.8. The number of likely N-dealkylation sites (N-methyl/N-ethyl adjacent to an activating group) is 1. The number of ketones is 1. The molecule has 0 radical (unpaired) electrons. The van der Waals surface area contributed by atoms with Gasteiger partial charge in [-0.15, -0.1) is 0 Å². The molecule has 2 N–H and O–H groups in total. The SMILES string of the molecule is CC(=O)c1cccc(NC(=O)N[C@@H]2CCCC[C@H]2CN2CC(=O)N(C)[C@@H](Cc3ccc(F)cc3)C2)c1. The van der Waals surface area contributed by atoms with E-state index in [-0.39, 0.29) is 41.5 Å². The van der Waals surface area contributed by atoms with Crippen molar-refractivity contribution < 1.29 is 18.8 Å². The van der Waals surface area contributed by atoms with Crippen LogP contribution in [0.4, 0.5) is 14.9 Å². The molecule has 36 heavy (non-hydrogen) atoms. The molecular weight excluding hydrogens is 459 g/mol. The van der Waals surface area contributed by atoms with Gasteiger partial charge in [0.2, 0.25) is 5.91 Å². The molecular formula is C28H35FN4O3. The average molecular weight is 495 g/mol. The number of urea groups is 1. The molecule has 3 amide bonds. The Morgan fingerprint density at radius 1 is 1.08 bits per heavy atom. The molecule has 1 heterocycles. The highest BCUT2D eigenvalue weighted by atomic mass is 19.1. The third-order valence-electron chi connectivity index (χ3n) is 7.40. The second kappa shape index (κ2) is 11.6. The molecule has 1 aliphatic heterocycles. The van der Waals surface area contributed by atoms with Crippen molar-refractivity contribution in [1.82, 2.24) is 15.1 Å². The monoisotopic (exact) mass is 494 g/mol. The van der Waals surface area contributed by atoms with Gasteiger partial charge in [0.15, 0.2) is 5.78 Å². The number of piperazine rings is 1. The van der Waals surface area contributed by atoms with Crippen LogP contribution in [0.5, 0.6) is 0 Å². The summed E-state index contributed by atoms with van der Waals surface area (Å²) < 4.78 is 13.3. The maximum absolute atomic E-state index is 13.3. The number of benzene rings is 2. The van der Waals surface area contributed by atoms with Crippen LogP contribution < -0.4 is 10.6 Å². The number of nitrogens with one attached hydrogen (secondary N) is 2. The lowest BCUT2D eigenvalue weighted by Crippen LogP contribution is -2.57. The van der Waals surface area contributed by atoms with E-state index in [1.165, 1.54) is 19.1 Å². The molecule has 2 aliphatic rings. The zero-order valence-electron chi connectivity index (χ0n) is 21.0. The van der Waals surface area contributed by atoms with E-state index in [1.807, 2.05) is 7.05 Å². The minimum Gasteiger partial charge on any atom is -0.340 e. The second-order valence-electron chi connectivity index (χ2n) is 10.1. The molecule has 0 unspecified atom stereocenters. The number of Topliss-reactive ketones (excluding diaryl/α,β-unsaturated/α-hetero) is 1. The Hall–Kier alpha value is -3.26. The number of nitrogens with zero attached hydrogens (tertiary/aromatic N) is 2. The number of hydrogen-bond acceptors (Lipinski definition) is 4. The number of anilines is 1. The van der Waals surface area contributed by atoms with Crippen LogP contribution in [0.1, 0.15) is 48.5 Å². The first-order valence-electron chi connectivity index (χ1n) is 12.7. The van der Waals surface area contributed by atoms with Crippen LogP contribution in [0.25, 0.3) is 0 Å². The Bertz CT molecular complexity index is 1090. The van der Waals surface area contributed by atoms with Crippen LogP contribution >= 0.6 is 0 Å². The van der Waals surface area contributed by atoms with Crippen LogP contribution in [-0.2, 0) is 11.2 Å². The van der Waals surface area contributed by atoms with E-state index in [2.05, 4.69) is 15.5 Å². The molecule has 3 atom stereocenters. The van der Waals surface area contributed by atoms with E-state index in [4.69, 9.17) is 0 Å². The Kier molecular flexibility index (Phi) is 8.36. The van der Waals surface area contributed by atoms with Gasteiger partial charge in [-0.2, -0.15) is 0 Å². The third kappa shape index (κ3) is 6.69. The van der Waals surface area contributed by atoms with E-state index in [0.29, 0.717) is 24.2 Å². The Morgan fingerprint density at radius 2 is 1.83 bits per heavy atom. The van der Waals surface area contributed by atoms with Crippen molar-refractivity contribution in [2.24, 2.45) is 5.92 Å². The molecule has 8 heteroatoms. The summed E-state index contributed by atoms with van der Waals surface area (Å²) in [6, 6.07) is 13.1. The van der Waals surface area contributed by atoms with Crippen LogP contribution in [0.3, 0.4) is 0 Å². The van der Waals surface area contributed by atoms with Gasteiger partial charge in [0.1, 0.15) is 5.82 Å². The van der Waals surface area contributed by atoms with Crippen LogP contribution in [0.15, 0.2) is 48.5 Å². The van der Waals surface area contributed by atoms with Crippen LogP contribution in [-0.4, -0.2) is 66.3 Å². The summed E-state index contributed by atoms with van der Waals surface area (Å²) in [5, 5.41) is 6.00. The molecule has 7 nitrogen and oxygen atoms in total. The fraction of sp³-hybridized carbons (Fsp3) is 0.464. The number of carbonyl (C=O) groups is 3.